The molecular formula is C68H60N2Si. The van der Waals surface area contributed by atoms with Crippen LogP contribution in [0.1, 0.15) is 88.7 Å². The number of fused-ring (bicyclic) bond motifs is 9. The lowest BCUT2D eigenvalue weighted by atomic mass is 9.67. The molecule has 0 unspecified atom stereocenters. The number of anilines is 3. The maximum Gasteiger partial charge on any atom is 0.123 e. The van der Waals surface area contributed by atoms with E-state index < -0.39 is 13.5 Å². The Morgan fingerprint density at radius 2 is 1.08 bits per heavy atom. The molecule has 1 fully saturated rings. The Labute approximate surface area is 421 Å². The maximum atomic E-state index is 4.32. The minimum atomic E-state index is -1.82. The van der Waals surface area contributed by atoms with E-state index in [1.165, 1.54) is 120 Å². The second kappa shape index (κ2) is 17.1. The molecule has 1 spiro atoms. The first kappa shape index (κ1) is 43.5. The van der Waals surface area contributed by atoms with Crippen molar-refractivity contribution >= 4 is 53.2 Å². The molecule has 0 bridgehead atoms. The quantitative estimate of drug-likeness (QED) is 0.105. The molecule has 1 saturated heterocycles. The van der Waals surface area contributed by atoms with Crippen molar-refractivity contribution in [2.24, 2.45) is 0 Å². The van der Waals surface area contributed by atoms with E-state index in [1.54, 1.807) is 10.4 Å². The predicted molar refractivity (Wildman–Crippen MR) is 303 cm³/mol. The minimum Gasteiger partial charge on any atom is -0.348 e. The third kappa shape index (κ3) is 6.80. The van der Waals surface area contributed by atoms with Crippen LogP contribution >= 0.6 is 0 Å². The van der Waals surface area contributed by atoms with Gasteiger partial charge in [-0.3, -0.25) is 0 Å². The lowest BCUT2D eigenvalue weighted by molar-refractivity contribution is 0.653. The summed E-state index contributed by atoms with van der Waals surface area (Å²) in [6, 6.07) is 74.5. The molecule has 0 N–H and O–H groups in total. The summed E-state index contributed by atoms with van der Waals surface area (Å²) in [4.78, 5) is 5.07. The Morgan fingerprint density at radius 3 is 1.73 bits per heavy atom. The van der Waals surface area contributed by atoms with Crippen molar-refractivity contribution in [3.05, 3.63) is 274 Å². The highest BCUT2D eigenvalue weighted by Gasteiger charge is 2.48. The first-order valence-corrected chi connectivity index (χ1v) is 28.4. The molecule has 346 valence electrons. The van der Waals surface area contributed by atoms with Gasteiger partial charge in [0, 0.05) is 41.8 Å². The van der Waals surface area contributed by atoms with E-state index in [9.17, 15) is 0 Å². The van der Waals surface area contributed by atoms with Gasteiger partial charge in [-0.05, 0) is 144 Å². The van der Waals surface area contributed by atoms with E-state index in [0.717, 1.165) is 25.9 Å². The van der Waals surface area contributed by atoms with E-state index in [-0.39, 0.29) is 5.41 Å². The van der Waals surface area contributed by atoms with E-state index >= 15 is 0 Å². The molecule has 3 heteroatoms. The lowest BCUT2D eigenvalue weighted by Crippen LogP contribution is -2.61. The van der Waals surface area contributed by atoms with Crippen LogP contribution in [0.15, 0.2) is 219 Å². The van der Waals surface area contributed by atoms with Crippen molar-refractivity contribution in [2.75, 3.05) is 16.3 Å². The van der Waals surface area contributed by atoms with Crippen LogP contribution in [0.25, 0.3) is 28.9 Å². The van der Waals surface area contributed by atoms with Crippen molar-refractivity contribution in [2.45, 2.75) is 69.0 Å². The van der Waals surface area contributed by atoms with E-state index in [1.807, 2.05) is 0 Å². The van der Waals surface area contributed by atoms with Crippen LogP contribution in [0.4, 0.5) is 17.1 Å². The molecule has 5 aliphatic rings. The monoisotopic (exact) mass is 932 g/mol. The Kier molecular flexibility index (Phi) is 10.5. The SMILES string of the molecule is C=CC1=C(C=CN2CCCc3ccccc32)C(C)(C)c2cc(C=Cc3ccc4c(c3)C(c3ccccc3)(c3ccccc3)c3cc(CN5c6ccccc6[Si]6(CCCC6)c6ccccc65)ccc3-4)ccc21. The van der Waals surface area contributed by atoms with Gasteiger partial charge in [-0.15, -0.1) is 0 Å². The smallest absolute Gasteiger partial charge is 0.123 e. The number of hydrogen-bond acceptors (Lipinski definition) is 2. The van der Waals surface area contributed by atoms with Gasteiger partial charge in [0.1, 0.15) is 8.07 Å². The van der Waals surface area contributed by atoms with Gasteiger partial charge in [0.15, 0.2) is 0 Å². The Hall–Kier alpha value is -7.46. The predicted octanol–water partition coefficient (Wildman–Crippen LogP) is 15.4. The molecule has 0 atom stereocenters. The summed E-state index contributed by atoms with van der Waals surface area (Å²) in [5.74, 6) is 0. The summed E-state index contributed by atoms with van der Waals surface area (Å²) in [5, 5.41) is 3.26. The number of allylic oxidation sites excluding steroid dienone is 4. The van der Waals surface area contributed by atoms with Crippen molar-refractivity contribution in [3.8, 4) is 11.1 Å². The molecular weight excluding hydrogens is 873 g/mol. The number of rotatable bonds is 9. The summed E-state index contributed by atoms with van der Waals surface area (Å²) in [5.41, 5.74) is 21.6. The lowest BCUT2D eigenvalue weighted by Gasteiger charge is -2.43. The Bertz CT molecular complexity index is 3410. The minimum absolute atomic E-state index is 0.182. The molecule has 3 aliphatic heterocycles. The molecule has 8 aromatic rings. The standard InChI is InChI=1S/C68H60N2Si/c1-4-54-55-36-33-48(44-59(55)67(2,3)58(54)39-41-69-40-19-21-51-20-11-12-26-62(51)69)31-32-49-34-37-56-57-38-35-50(46-61(57)68(60(56)45-49,52-22-7-5-8-23-52)53-24-9-6-10-25-53)47-70-63-27-13-15-29-65(63)71(42-17-18-43-71)66-30-16-14-28-64(66)70/h4-16,20,22-39,41,44-46H,1,17-19,21,40,42-43,47H2,2-3H3. The van der Waals surface area contributed by atoms with Gasteiger partial charge in [0.25, 0.3) is 0 Å². The highest BCUT2D eigenvalue weighted by Crippen LogP contribution is 2.57. The van der Waals surface area contributed by atoms with Crippen molar-refractivity contribution in [1.82, 2.24) is 0 Å². The van der Waals surface area contributed by atoms with Crippen LogP contribution in [-0.2, 0) is 23.8 Å². The van der Waals surface area contributed by atoms with Gasteiger partial charge >= 0.3 is 0 Å². The van der Waals surface area contributed by atoms with E-state index in [0.29, 0.717) is 0 Å². The number of nitrogens with zero attached hydrogens (tertiary/aromatic N) is 2. The first-order chi connectivity index (χ1) is 34.9. The van der Waals surface area contributed by atoms with E-state index in [4.69, 9.17) is 0 Å². The maximum absolute atomic E-state index is 4.32. The van der Waals surface area contributed by atoms with Gasteiger partial charge in [-0.2, -0.15) is 0 Å². The molecule has 71 heavy (non-hydrogen) atoms. The molecule has 3 heterocycles. The zero-order chi connectivity index (χ0) is 47.7. The molecule has 13 rings (SSSR count). The molecule has 0 saturated carbocycles. The fraction of sp³-hybridized carbons (Fsp3) is 0.176. The van der Waals surface area contributed by atoms with Crippen LogP contribution in [0.3, 0.4) is 0 Å². The van der Waals surface area contributed by atoms with Crippen molar-refractivity contribution in [1.29, 1.82) is 0 Å². The number of para-hydroxylation sites is 3. The van der Waals surface area contributed by atoms with E-state index in [2.05, 4.69) is 249 Å². The highest BCUT2D eigenvalue weighted by atomic mass is 28.3. The average molecular weight is 933 g/mol. The molecule has 0 radical (unpaired) electrons. The summed E-state index contributed by atoms with van der Waals surface area (Å²) >= 11 is 0. The fourth-order valence-corrected chi connectivity index (χ4v) is 19.3. The second-order valence-electron chi connectivity index (χ2n) is 21.1. The van der Waals surface area contributed by atoms with Crippen LogP contribution < -0.4 is 20.2 Å². The fourth-order valence-electron chi connectivity index (χ4n) is 13.8. The largest absolute Gasteiger partial charge is 0.348 e. The molecule has 8 aromatic carbocycles. The van der Waals surface area contributed by atoms with Gasteiger partial charge in [0.2, 0.25) is 0 Å². The topological polar surface area (TPSA) is 6.48 Å². The summed E-state index contributed by atoms with van der Waals surface area (Å²) < 4.78 is 0. The summed E-state index contributed by atoms with van der Waals surface area (Å²) in [7, 11) is -1.82. The molecule has 0 amide bonds. The summed E-state index contributed by atoms with van der Waals surface area (Å²) in [6.45, 7) is 10.9. The second-order valence-corrected chi connectivity index (χ2v) is 25.4. The zero-order valence-electron chi connectivity index (χ0n) is 41.0. The van der Waals surface area contributed by atoms with Gasteiger partial charge in [-0.1, -0.05) is 215 Å². The van der Waals surface area contributed by atoms with Gasteiger partial charge < -0.3 is 9.80 Å². The zero-order valence-corrected chi connectivity index (χ0v) is 42.0. The Balaban J connectivity index is 0.873. The van der Waals surface area contributed by atoms with Gasteiger partial charge in [0.05, 0.1) is 5.41 Å². The van der Waals surface area contributed by atoms with Crippen molar-refractivity contribution in [3.63, 3.8) is 0 Å². The average Bonchev–Trinajstić information content (AvgIpc) is 4.09. The normalized spacial score (nSPS) is 17.5. The van der Waals surface area contributed by atoms with Crippen LogP contribution in [0.5, 0.6) is 0 Å². The molecule has 0 aromatic heterocycles. The van der Waals surface area contributed by atoms with Crippen molar-refractivity contribution < 1.29 is 0 Å². The third-order valence-corrected chi connectivity index (χ3v) is 22.4. The summed E-state index contributed by atoms with van der Waals surface area (Å²) in [6.07, 6.45) is 16.3. The van der Waals surface area contributed by atoms with Crippen LogP contribution in [0, 0.1) is 0 Å². The first-order valence-electron chi connectivity index (χ1n) is 26.0. The van der Waals surface area contributed by atoms with Crippen LogP contribution in [0.2, 0.25) is 12.1 Å². The Morgan fingerprint density at radius 1 is 0.535 bits per heavy atom. The highest BCUT2D eigenvalue weighted by molar-refractivity contribution is 7.04. The number of aryl methyl sites for hydroxylation is 1. The van der Waals surface area contributed by atoms with Gasteiger partial charge in [-0.25, -0.2) is 0 Å². The number of hydrogen-bond donors (Lipinski definition) is 0. The molecule has 2 aliphatic carbocycles. The van der Waals surface area contributed by atoms with Crippen LogP contribution in [-0.4, -0.2) is 14.6 Å². The third-order valence-electron chi connectivity index (χ3n) is 17.1. The molecule has 2 nitrogen and oxygen atoms in total. The number of benzene rings is 8.